The van der Waals surface area contributed by atoms with Crippen molar-refractivity contribution in [1.29, 1.82) is 0 Å². The van der Waals surface area contributed by atoms with Crippen molar-refractivity contribution >= 4 is 0 Å². The molecule has 2 atom stereocenters. The molecule has 1 saturated heterocycles. The summed E-state index contributed by atoms with van der Waals surface area (Å²) in [7, 11) is 0. The number of rotatable bonds is 2. The lowest BCUT2D eigenvalue weighted by atomic mass is 10.0. The van der Waals surface area contributed by atoms with E-state index in [0.29, 0.717) is 5.56 Å². The average molecular weight is 193 g/mol. The highest BCUT2D eigenvalue weighted by Crippen LogP contribution is 2.28. The van der Waals surface area contributed by atoms with Crippen LogP contribution in [0.2, 0.25) is 0 Å². The molecule has 0 radical (unpaired) electrons. The SMILES string of the molecule is Oc1ccccc1C(O)C1CCCN1. The van der Waals surface area contributed by atoms with Gasteiger partial charge in [-0.05, 0) is 25.5 Å². The first-order chi connectivity index (χ1) is 6.79. The number of aromatic hydroxyl groups is 1. The van der Waals surface area contributed by atoms with Gasteiger partial charge >= 0.3 is 0 Å². The van der Waals surface area contributed by atoms with Crippen LogP contribution in [0, 0.1) is 0 Å². The molecule has 2 unspecified atom stereocenters. The Morgan fingerprint density at radius 2 is 2.14 bits per heavy atom. The van der Waals surface area contributed by atoms with E-state index in [9.17, 15) is 10.2 Å². The van der Waals surface area contributed by atoms with Crippen LogP contribution >= 0.6 is 0 Å². The van der Waals surface area contributed by atoms with Gasteiger partial charge in [0.1, 0.15) is 5.75 Å². The highest BCUT2D eigenvalue weighted by Gasteiger charge is 2.25. The number of aliphatic hydroxyl groups is 1. The summed E-state index contributed by atoms with van der Waals surface area (Å²) < 4.78 is 0. The largest absolute Gasteiger partial charge is 0.508 e. The first-order valence-electron chi connectivity index (χ1n) is 4.98. The Hall–Kier alpha value is -1.06. The van der Waals surface area contributed by atoms with Crippen molar-refractivity contribution in [2.75, 3.05) is 6.54 Å². The molecule has 1 aliphatic heterocycles. The summed E-state index contributed by atoms with van der Waals surface area (Å²) >= 11 is 0. The molecule has 3 nitrogen and oxygen atoms in total. The summed E-state index contributed by atoms with van der Waals surface area (Å²) in [5.41, 5.74) is 0.618. The highest BCUT2D eigenvalue weighted by atomic mass is 16.3. The van der Waals surface area contributed by atoms with Gasteiger partial charge in [-0.1, -0.05) is 18.2 Å². The fourth-order valence-electron chi connectivity index (χ4n) is 1.94. The third kappa shape index (κ3) is 1.74. The summed E-state index contributed by atoms with van der Waals surface area (Å²) in [5, 5.41) is 22.8. The van der Waals surface area contributed by atoms with Crippen molar-refractivity contribution in [1.82, 2.24) is 5.32 Å². The maximum atomic E-state index is 9.98. The second-order valence-corrected chi connectivity index (χ2v) is 3.71. The highest BCUT2D eigenvalue weighted by molar-refractivity contribution is 5.34. The van der Waals surface area contributed by atoms with Gasteiger partial charge in [-0.3, -0.25) is 0 Å². The number of nitrogens with one attached hydrogen (secondary N) is 1. The van der Waals surface area contributed by atoms with Crippen LogP contribution in [-0.2, 0) is 0 Å². The van der Waals surface area contributed by atoms with Crippen LogP contribution in [0.4, 0.5) is 0 Å². The van der Waals surface area contributed by atoms with Crippen molar-refractivity contribution < 1.29 is 10.2 Å². The van der Waals surface area contributed by atoms with Crippen LogP contribution in [0.1, 0.15) is 24.5 Å². The van der Waals surface area contributed by atoms with E-state index in [1.165, 1.54) is 0 Å². The van der Waals surface area contributed by atoms with Crippen LogP contribution in [0.25, 0.3) is 0 Å². The van der Waals surface area contributed by atoms with Gasteiger partial charge in [0.05, 0.1) is 6.10 Å². The minimum atomic E-state index is -0.598. The molecule has 0 amide bonds. The Kier molecular flexibility index (Phi) is 2.70. The molecule has 14 heavy (non-hydrogen) atoms. The molecule has 0 aromatic heterocycles. The molecule has 0 spiro atoms. The lowest BCUT2D eigenvalue weighted by Crippen LogP contribution is -2.28. The van der Waals surface area contributed by atoms with Crippen LogP contribution in [-0.4, -0.2) is 22.8 Å². The summed E-state index contributed by atoms with van der Waals surface area (Å²) in [6.07, 6.45) is 1.46. The number of phenolic OH excluding ortho intramolecular Hbond substituents is 1. The Morgan fingerprint density at radius 3 is 2.79 bits per heavy atom. The fourth-order valence-corrected chi connectivity index (χ4v) is 1.94. The zero-order chi connectivity index (χ0) is 9.97. The summed E-state index contributed by atoms with van der Waals surface area (Å²) in [6.45, 7) is 0.954. The smallest absolute Gasteiger partial charge is 0.121 e. The zero-order valence-corrected chi connectivity index (χ0v) is 7.98. The third-order valence-electron chi connectivity index (χ3n) is 2.73. The van der Waals surface area contributed by atoms with Crippen molar-refractivity contribution in [3.05, 3.63) is 29.8 Å². The molecule has 1 heterocycles. The average Bonchev–Trinajstić information content (AvgIpc) is 2.70. The summed E-state index contributed by atoms with van der Waals surface area (Å²) in [6, 6.07) is 7.04. The summed E-state index contributed by atoms with van der Waals surface area (Å²) in [4.78, 5) is 0. The molecule has 2 rings (SSSR count). The monoisotopic (exact) mass is 193 g/mol. The molecular weight excluding hydrogens is 178 g/mol. The maximum Gasteiger partial charge on any atom is 0.121 e. The zero-order valence-electron chi connectivity index (χ0n) is 7.98. The van der Waals surface area contributed by atoms with Crippen LogP contribution < -0.4 is 5.32 Å². The number of para-hydroxylation sites is 1. The molecule has 0 bridgehead atoms. The van der Waals surface area contributed by atoms with E-state index >= 15 is 0 Å². The second kappa shape index (κ2) is 3.98. The Balaban J connectivity index is 2.17. The number of hydrogen-bond donors (Lipinski definition) is 3. The second-order valence-electron chi connectivity index (χ2n) is 3.71. The quantitative estimate of drug-likeness (QED) is 0.661. The van der Waals surface area contributed by atoms with Gasteiger partial charge < -0.3 is 15.5 Å². The van der Waals surface area contributed by atoms with Crippen LogP contribution in [0.3, 0.4) is 0 Å². The van der Waals surface area contributed by atoms with E-state index in [1.807, 2.05) is 6.07 Å². The molecule has 1 aliphatic rings. The minimum absolute atomic E-state index is 0.0864. The Morgan fingerprint density at radius 1 is 1.36 bits per heavy atom. The lowest BCUT2D eigenvalue weighted by Gasteiger charge is -2.19. The molecule has 0 saturated carbocycles. The number of aliphatic hydroxyl groups excluding tert-OH is 1. The number of benzene rings is 1. The van der Waals surface area contributed by atoms with Crippen LogP contribution in [0.5, 0.6) is 5.75 Å². The fraction of sp³-hybridized carbons (Fsp3) is 0.455. The maximum absolute atomic E-state index is 9.98. The Labute approximate surface area is 83.4 Å². The van der Waals surface area contributed by atoms with E-state index in [-0.39, 0.29) is 11.8 Å². The van der Waals surface area contributed by atoms with Gasteiger partial charge in [-0.25, -0.2) is 0 Å². The standard InChI is InChI=1S/C11H15NO2/c13-10-6-2-1-4-8(10)11(14)9-5-3-7-12-9/h1-2,4,6,9,11-14H,3,5,7H2. The molecular formula is C11H15NO2. The molecule has 1 aromatic carbocycles. The van der Waals surface area contributed by atoms with Gasteiger partial charge in [0, 0.05) is 11.6 Å². The number of phenols is 1. The van der Waals surface area contributed by atoms with Crippen molar-refractivity contribution in [2.24, 2.45) is 0 Å². The lowest BCUT2D eigenvalue weighted by molar-refractivity contribution is 0.134. The van der Waals surface area contributed by atoms with Gasteiger partial charge in [0.2, 0.25) is 0 Å². The van der Waals surface area contributed by atoms with Crippen molar-refractivity contribution in [2.45, 2.75) is 25.0 Å². The first-order valence-corrected chi connectivity index (χ1v) is 4.98. The molecule has 3 N–H and O–H groups in total. The summed E-state index contributed by atoms with van der Waals surface area (Å²) in [5.74, 6) is 0.175. The predicted molar refractivity (Wildman–Crippen MR) is 54.1 cm³/mol. The van der Waals surface area contributed by atoms with Crippen molar-refractivity contribution in [3.8, 4) is 5.75 Å². The molecule has 3 heteroatoms. The molecule has 1 fully saturated rings. The molecule has 76 valence electrons. The van der Waals surface area contributed by atoms with E-state index in [1.54, 1.807) is 18.2 Å². The molecule has 1 aromatic rings. The minimum Gasteiger partial charge on any atom is -0.508 e. The Bertz CT molecular complexity index is 308. The van der Waals surface area contributed by atoms with E-state index in [2.05, 4.69) is 5.32 Å². The topological polar surface area (TPSA) is 52.5 Å². The predicted octanol–water partition coefficient (Wildman–Crippen LogP) is 1.18. The third-order valence-corrected chi connectivity index (χ3v) is 2.73. The van der Waals surface area contributed by atoms with E-state index in [4.69, 9.17) is 0 Å². The van der Waals surface area contributed by atoms with E-state index in [0.717, 1.165) is 19.4 Å². The van der Waals surface area contributed by atoms with Gasteiger partial charge in [-0.2, -0.15) is 0 Å². The van der Waals surface area contributed by atoms with Crippen molar-refractivity contribution in [3.63, 3.8) is 0 Å². The van der Waals surface area contributed by atoms with Gasteiger partial charge in [0.15, 0.2) is 0 Å². The number of hydrogen-bond acceptors (Lipinski definition) is 3. The van der Waals surface area contributed by atoms with E-state index < -0.39 is 6.10 Å². The van der Waals surface area contributed by atoms with Gasteiger partial charge in [-0.15, -0.1) is 0 Å². The van der Waals surface area contributed by atoms with Crippen LogP contribution in [0.15, 0.2) is 24.3 Å². The normalized spacial score (nSPS) is 23.6. The molecule has 0 aliphatic carbocycles. The first kappa shape index (κ1) is 9.49. The van der Waals surface area contributed by atoms with Gasteiger partial charge in [0.25, 0.3) is 0 Å².